The lowest BCUT2D eigenvalue weighted by molar-refractivity contribution is 0.544. The van der Waals surface area contributed by atoms with Crippen molar-refractivity contribution in [3.05, 3.63) is 41.2 Å². The lowest BCUT2D eigenvalue weighted by atomic mass is 9.87. The van der Waals surface area contributed by atoms with Crippen molar-refractivity contribution >= 4 is 11.8 Å². The van der Waals surface area contributed by atoms with Crippen LogP contribution < -0.4 is 5.73 Å². The molecule has 0 fully saturated rings. The Morgan fingerprint density at radius 1 is 1.12 bits per heavy atom. The number of aromatic nitrogens is 3. The maximum absolute atomic E-state index is 6.23. The molecule has 0 saturated carbocycles. The van der Waals surface area contributed by atoms with E-state index in [4.69, 9.17) is 5.73 Å². The third-order valence-electron chi connectivity index (χ3n) is 4.18. The van der Waals surface area contributed by atoms with Gasteiger partial charge in [-0.25, -0.2) is 0 Å². The second-order valence-corrected chi connectivity index (χ2v) is 8.16. The van der Waals surface area contributed by atoms with E-state index in [0.717, 1.165) is 36.1 Å². The zero-order valence-electron chi connectivity index (χ0n) is 15.5. The van der Waals surface area contributed by atoms with Crippen LogP contribution in [0.25, 0.3) is 0 Å². The van der Waals surface area contributed by atoms with E-state index >= 15 is 0 Å². The van der Waals surface area contributed by atoms with Gasteiger partial charge in [-0.05, 0) is 29.9 Å². The van der Waals surface area contributed by atoms with Gasteiger partial charge in [0.05, 0.1) is 6.04 Å². The number of rotatable bonds is 7. The number of thioether (sulfide) groups is 1. The van der Waals surface area contributed by atoms with E-state index in [9.17, 15) is 0 Å². The highest BCUT2D eigenvalue weighted by Gasteiger charge is 2.17. The molecule has 2 N–H and O–H groups in total. The predicted molar refractivity (Wildman–Crippen MR) is 102 cm³/mol. The van der Waals surface area contributed by atoms with Crippen LogP contribution in [0.15, 0.2) is 29.4 Å². The molecule has 0 aliphatic rings. The molecule has 0 saturated heterocycles. The van der Waals surface area contributed by atoms with Gasteiger partial charge >= 0.3 is 0 Å². The van der Waals surface area contributed by atoms with Crippen molar-refractivity contribution in [3.8, 4) is 0 Å². The highest BCUT2D eigenvalue weighted by atomic mass is 32.2. The van der Waals surface area contributed by atoms with Crippen molar-refractivity contribution in [3.63, 3.8) is 0 Å². The summed E-state index contributed by atoms with van der Waals surface area (Å²) in [6, 6.07) is 8.85. The second-order valence-electron chi connectivity index (χ2n) is 7.22. The molecule has 0 spiro atoms. The van der Waals surface area contributed by atoms with Gasteiger partial charge in [-0.3, -0.25) is 0 Å². The summed E-state index contributed by atoms with van der Waals surface area (Å²) in [5.41, 5.74) is 9.09. The summed E-state index contributed by atoms with van der Waals surface area (Å²) in [4.78, 5) is 0. The Balaban J connectivity index is 2.06. The molecule has 1 unspecified atom stereocenters. The lowest BCUT2D eigenvalue weighted by Crippen LogP contribution is -2.16. The van der Waals surface area contributed by atoms with Crippen molar-refractivity contribution in [1.29, 1.82) is 0 Å². The third-order valence-corrected chi connectivity index (χ3v) is 5.22. The molecule has 4 nitrogen and oxygen atoms in total. The molecule has 0 aliphatic carbocycles. The van der Waals surface area contributed by atoms with Gasteiger partial charge in [0.25, 0.3) is 0 Å². The molecule has 132 valence electrons. The van der Waals surface area contributed by atoms with Crippen LogP contribution in [0.3, 0.4) is 0 Å². The zero-order chi connectivity index (χ0) is 17.7. The van der Waals surface area contributed by atoms with Crippen LogP contribution in [-0.4, -0.2) is 14.8 Å². The Morgan fingerprint density at radius 2 is 1.79 bits per heavy atom. The first-order chi connectivity index (χ1) is 11.4. The Kier molecular flexibility index (Phi) is 6.47. The minimum absolute atomic E-state index is 0.0251. The summed E-state index contributed by atoms with van der Waals surface area (Å²) < 4.78 is 2.15. The molecule has 2 aromatic rings. The number of hydrogen-bond donors (Lipinski definition) is 1. The highest BCUT2D eigenvalue weighted by Crippen LogP contribution is 2.27. The molecule has 1 aromatic carbocycles. The summed E-state index contributed by atoms with van der Waals surface area (Å²) in [5.74, 6) is 1.80. The predicted octanol–water partition coefficient (Wildman–Crippen LogP) is 4.69. The van der Waals surface area contributed by atoms with Crippen molar-refractivity contribution in [2.24, 2.45) is 5.73 Å². The first-order valence-corrected chi connectivity index (χ1v) is 9.76. The highest BCUT2D eigenvalue weighted by molar-refractivity contribution is 7.98. The molecule has 0 bridgehead atoms. The van der Waals surface area contributed by atoms with Gasteiger partial charge in [-0.1, -0.05) is 70.1 Å². The lowest BCUT2D eigenvalue weighted by Gasteiger charge is -2.19. The Labute approximate surface area is 150 Å². The van der Waals surface area contributed by atoms with Crippen molar-refractivity contribution < 1.29 is 0 Å². The summed E-state index contributed by atoms with van der Waals surface area (Å²) in [7, 11) is 0. The third kappa shape index (κ3) is 4.61. The van der Waals surface area contributed by atoms with E-state index in [0.29, 0.717) is 0 Å². The quantitative estimate of drug-likeness (QED) is 0.739. The Hall–Kier alpha value is -1.33. The normalized spacial score (nSPS) is 13.2. The average molecular weight is 347 g/mol. The summed E-state index contributed by atoms with van der Waals surface area (Å²) in [5, 5.41) is 9.65. The van der Waals surface area contributed by atoms with Crippen LogP contribution in [0.2, 0.25) is 0 Å². The maximum atomic E-state index is 6.23. The molecule has 1 heterocycles. The van der Waals surface area contributed by atoms with Crippen LogP contribution in [0, 0.1) is 0 Å². The minimum atomic E-state index is -0.0251. The molecule has 1 aromatic heterocycles. The van der Waals surface area contributed by atoms with E-state index in [1.54, 1.807) is 11.8 Å². The molecular formula is C19H30N4S. The Morgan fingerprint density at radius 3 is 2.33 bits per heavy atom. The van der Waals surface area contributed by atoms with E-state index in [1.807, 2.05) is 0 Å². The SMILES string of the molecule is CCCC(N)c1nnc(SCc2ccc(C(C)(C)C)cc2)n1CC. The van der Waals surface area contributed by atoms with Gasteiger partial charge in [-0.2, -0.15) is 0 Å². The van der Waals surface area contributed by atoms with Crippen molar-refractivity contribution in [2.45, 2.75) is 76.4 Å². The van der Waals surface area contributed by atoms with Crippen LogP contribution >= 0.6 is 11.8 Å². The fraction of sp³-hybridized carbons (Fsp3) is 0.579. The molecule has 0 amide bonds. The fourth-order valence-corrected chi connectivity index (χ4v) is 3.63. The topological polar surface area (TPSA) is 56.7 Å². The average Bonchev–Trinajstić information content (AvgIpc) is 2.95. The van der Waals surface area contributed by atoms with Crippen LogP contribution in [0.1, 0.15) is 70.5 Å². The fourth-order valence-electron chi connectivity index (χ4n) is 2.67. The molecule has 5 heteroatoms. The summed E-state index contributed by atoms with van der Waals surface area (Å²) in [6.07, 6.45) is 2.00. The summed E-state index contributed by atoms with van der Waals surface area (Å²) >= 11 is 1.73. The van der Waals surface area contributed by atoms with E-state index in [-0.39, 0.29) is 11.5 Å². The van der Waals surface area contributed by atoms with Gasteiger partial charge < -0.3 is 10.3 Å². The molecule has 1 atom stereocenters. The Bertz CT molecular complexity index is 640. The van der Waals surface area contributed by atoms with Gasteiger partial charge in [-0.15, -0.1) is 10.2 Å². The first kappa shape index (κ1) is 19.0. The molecule has 24 heavy (non-hydrogen) atoms. The van der Waals surface area contributed by atoms with Gasteiger partial charge in [0.15, 0.2) is 11.0 Å². The van der Waals surface area contributed by atoms with Crippen molar-refractivity contribution in [2.75, 3.05) is 0 Å². The van der Waals surface area contributed by atoms with Crippen LogP contribution in [0.4, 0.5) is 0 Å². The van der Waals surface area contributed by atoms with Gasteiger partial charge in [0, 0.05) is 12.3 Å². The zero-order valence-corrected chi connectivity index (χ0v) is 16.4. The van der Waals surface area contributed by atoms with Crippen LogP contribution in [0.5, 0.6) is 0 Å². The number of benzene rings is 1. The largest absolute Gasteiger partial charge is 0.321 e. The number of nitrogens with two attached hydrogens (primary N) is 1. The summed E-state index contributed by atoms with van der Waals surface area (Å²) in [6.45, 7) is 11.8. The molecule has 0 aliphatic heterocycles. The van der Waals surface area contributed by atoms with Gasteiger partial charge in [0.2, 0.25) is 0 Å². The smallest absolute Gasteiger partial charge is 0.191 e. The molecule has 2 rings (SSSR count). The van der Waals surface area contributed by atoms with E-state index in [1.165, 1.54) is 11.1 Å². The number of hydrogen-bond acceptors (Lipinski definition) is 4. The van der Waals surface area contributed by atoms with E-state index in [2.05, 4.69) is 73.6 Å². The minimum Gasteiger partial charge on any atom is -0.321 e. The standard InChI is InChI=1S/C19H30N4S/c1-6-8-16(20)17-21-22-18(23(17)7-2)24-13-14-9-11-15(12-10-14)19(3,4)5/h9-12,16H,6-8,13,20H2,1-5H3. The second kappa shape index (κ2) is 8.17. The maximum Gasteiger partial charge on any atom is 0.191 e. The monoisotopic (exact) mass is 346 g/mol. The van der Waals surface area contributed by atoms with Gasteiger partial charge in [0.1, 0.15) is 0 Å². The number of nitrogens with zero attached hydrogens (tertiary/aromatic N) is 3. The first-order valence-electron chi connectivity index (χ1n) is 8.77. The van der Waals surface area contributed by atoms with E-state index < -0.39 is 0 Å². The molecule has 0 radical (unpaired) electrons. The van der Waals surface area contributed by atoms with Crippen LogP contribution in [-0.2, 0) is 17.7 Å². The van der Waals surface area contributed by atoms with Crippen molar-refractivity contribution in [1.82, 2.24) is 14.8 Å². The molecular weight excluding hydrogens is 316 g/mol.